The van der Waals surface area contributed by atoms with Crippen LogP contribution in [0.3, 0.4) is 0 Å². The molecule has 1 aliphatic heterocycles. The van der Waals surface area contributed by atoms with Crippen LogP contribution in [0.2, 0.25) is 0 Å². The number of primary amides is 1. The molecule has 1 aromatic rings. The lowest BCUT2D eigenvalue weighted by molar-refractivity contribution is 0.100. The zero-order chi connectivity index (χ0) is 14.4. The number of anilines is 1. The standard InChI is InChI=1S/C14H22N4O2/c15-13(20)12-4-1-5-16-14(12)17-6-8-18-7-2-3-11(9-18)10-19/h1,4-5,11,19H,2-3,6-10H2,(H2,15,20)(H,16,17)/t11-/m0/s1. The summed E-state index contributed by atoms with van der Waals surface area (Å²) in [5.41, 5.74) is 5.72. The van der Waals surface area contributed by atoms with E-state index in [1.54, 1.807) is 18.3 Å². The molecule has 0 unspecified atom stereocenters. The summed E-state index contributed by atoms with van der Waals surface area (Å²) in [5, 5.41) is 12.4. The molecule has 0 aromatic carbocycles. The zero-order valence-corrected chi connectivity index (χ0v) is 11.6. The molecule has 1 aliphatic rings. The van der Waals surface area contributed by atoms with Crippen molar-refractivity contribution in [2.24, 2.45) is 11.7 Å². The van der Waals surface area contributed by atoms with Crippen LogP contribution in [0.15, 0.2) is 18.3 Å². The van der Waals surface area contributed by atoms with Crippen molar-refractivity contribution in [3.63, 3.8) is 0 Å². The van der Waals surface area contributed by atoms with Gasteiger partial charge in [-0.15, -0.1) is 0 Å². The van der Waals surface area contributed by atoms with Gasteiger partial charge in [-0.25, -0.2) is 4.98 Å². The number of carbonyl (C=O) groups excluding carboxylic acids is 1. The number of hydrogen-bond acceptors (Lipinski definition) is 5. The maximum absolute atomic E-state index is 11.3. The Morgan fingerprint density at radius 2 is 2.45 bits per heavy atom. The quantitative estimate of drug-likeness (QED) is 0.696. The fourth-order valence-corrected chi connectivity index (χ4v) is 2.58. The van der Waals surface area contributed by atoms with Gasteiger partial charge in [0.25, 0.3) is 5.91 Å². The highest BCUT2D eigenvalue weighted by atomic mass is 16.3. The number of carbonyl (C=O) groups is 1. The van der Waals surface area contributed by atoms with Crippen molar-refractivity contribution in [2.45, 2.75) is 12.8 Å². The van der Waals surface area contributed by atoms with Crippen molar-refractivity contribution in [3.8, 4) is 0 Å². The van der Waals surface area contributed by atoms with Crippen LogP contribution in [-0.4, -0.2) is 53.7 Å². The van der Waals surface area contributed by atoms with E-state index in [1.165, 1.54) is 0 Å². The summed E-state index contributed by atoms with van der Waals surface area (Å²) in [6.07, 6.45) is 3.87. The van der Waals surface area contributed by atoms with Crippen molar-refractivity contribution >= 4 is 11.7 Å². The first kappa shape index (κ1) is 14.7. The summed E-state index contributed by atoms with van der Waals surface area (Å²) in [5.74, 6) is 0.453. The predicted molar refractivity (Wildman–Crippen MR) is 77.5 cm³/mol. The first-order chi connectivity index (χ1) is 9.70. The number of nitrogens with two attached hydrogens (primary N) is 1. The van der Waals surface area contributed by atoms with Crippen molar-refractivity contribution in [1.82, 2.24) is 9.88 Å². The summed E-state index contributed by atoms with van der Waals surface area (Å²) in [4.78, 5) is 17.7. The van der Waals surface area contributed by atoms with E-state index in [4.69, 9.17) is 5.73 Å². The fourth-order valence-electron chi connectivity index (χ4n) is 2.58. The van der Waals surface area contributed by atoms with Crippen molar-refractivity contribution in [1.29, 1.82) is 0 Å². The summed E-state index contributed by atoms with van der Waals surface area (Å²) in [6.45, 7) is 3.82. The van der Waals surface area contributed by atoms with Crippen LogP contribution < -0.4 is 11.1 Å². The molecule has 1 saturated heterocycles. The van der Waals surface area contributed by atoms with Gasteiger partial charge in [-0.3, -0.25) is 4.79 Å². The SMILES string of the molecule is NC(=O)c1cccnc1NCCN1CCC[C@H](CO)C1. The van der Waals surface area contributed by atoms with Gasteiger partial charge < -0.3 is 21.1 Å². The van der Waals surface area contributed by atoms with Crippen LogP contribution in [0.1, 0.15) is 23.2 Å². The van der Waals surface area contributed by atoms with Gasteiger partial charge in [-0.05, 0) is 37.4 Å². The summed E-state index contributed by atoms with van der Waals surface area (Å²) >= 11 is 0. The number of amides is 1. The normalized spacial score (nSPS) is 19.8. The molecule has 0 aliphatic carbocycles. The molecule has 0 radical (unpaired) electrons. The molecule has 4 N–H and O–H groups in total. The number of piperidine rings is 1. The minimum Gasteiger partial charge on any atom is -0.396 e. The van der Waals surface area contributed by atoms with E-state index in [2.05, 4.69) is 15.2 Å². The number of aliphatic hydroxyl groups is 1. The van der Waals surface area contributed by atoms with Crippen molar-refractivity contribution in [2.75, 3.05) is 38.1 Å². The van der Waals surface area contributed by atoms with Gasteiger partial charge in [-0.2, -0.15) is 0 Å². The van der Waals surface area contributed by atoms with Gasteiger partial charge in [0.1, 0.15) is 5.82 Å². The number of aromatic nitrogens is 1. The van der Waals surface area contributed by atoms with Gasteiger partial charge in [0.05, 0.1) is 5.56 Å². The third kappa shape index (κ3) is 3.91. The molecule has 20 heavy (non-hydrogen) atoms. The smallest absolute Gasteiger partial charge is 0.252 e. The Morgan fingerprint density at radius 1 is 1.60 bits per heavy atom. The molecule has 0 saturated carbocycles. The second kappa shape index (κ2) is 7.21. The molecule has 6 nitrogen and oxygen atoms in total. The van der Waals surface area contributed by atoms with Gasteiger partial charge in [0.15, 0.2) is 0 Å². The van der Waals surface area contributed by atoms with Crippen LogP contribution in [0.5, 0.6) is 0 Å². The molecule has 2 rings (SSSR count). The van der Waals surface area contributed by atoms with E-state index in [0.717, 1.165) is 32.5 Å². The van der Waals surface area contributed by atoms with E-state index >= 15 is 0 Å². The molecular weight excluding hydrogens is 256 g/mol. The lowest BCUT2D eigenvalue weighted by atomic mass is 9.99. The van der Waals surface area contributed by atoms with E-state index in [0.29, 0.717) is 23.8 Å². The van der Waals surface area contributed by atoms with Crippen molar-refractivity contribution < 1.29 is 9.90 Å². The number of nitrogens with one attached hydrogen (secondary N) is 1. The highest BCUT2D eigenvalue weighted by Gasteiger charge is 2.18. The lowest BCUT2D eigenvalue weighted by Crippen LogP contribution is -2.39. The Balaban J connectivity index is 1.82. The minimum atomic E-state index is -0.473. The number of aliphatic hydroxyl groups excluding tert-OH is 1. The van der Waals surface area contributed by atoms with Crippen molar-refractivity contribution in [3.05, 3.63) is 23.9 Å². The van der Waals surface area contributed by atoms with Crippen LogP contribution >= 0.6 is 0 Å². The first-order valence-electron chi connectivity index (χ1n) is 7.02. The topological polar surface area (TPSA) is 91.5 Å². The summed E-state index contributed by atoms with van der Waals surface area (Å²) in [7, 11) is 0. The predicted octanol–water partition coefficient (Wildman–Crippen LogP) is 0.297. The van der Waals surface area contributed by atoms with E-state index < -0.39 is 5.91 Å². The minimum absolute atomic E-state index is 0.260. The third-order valence-corrected chi connectivity index (χ3v) is 3.65. The van der Waals surface area contributed by atoms with Gasteiger partial charge in [0, 0.05) is 32.4 Å². The Bertz CT molecular complexity index is 453. The molecule has 1 fully saturated rings. The van der Waals surface area contributed by atoms with E-state index in [1.807, 2.05) is 0 Å². The number of pyridine rings is 1. The molecule has 1 aromatic heterocycles. The third-order valence-electron chi connectivity index (χ3n) is 3.65. The molecule has 2 heterocycles. The number of nitrogens with zero attached hydrogens (tertiary/aromatic N) is 2. The van der Waals surface area contributed by atoms with Crippen LogP contribution in [-0.2, 0) is 0 Å². The average molecular weight is 278 g/mol. The Morgan fingerprint density at radius 3 is 3.20 bits per heavy atom. The Hall–Kier alpha value is -1.66. The van der Waals surface area contributed by atoms with Crippen LogP contribution in [0.4, 0.5) is 5.82 Å². The second-order valence-electron chi connectivity index (χ2n) is 5.18. The van der Waals surface area contributed by atoms with Crippen LogP contribution in [0, 0.1) is 5.92 Å². The summed E-state index contributed by atoms with van der Waals surface area (Å²) in [6, 6.07) is 3.36. The van der Waals surface area contributed by atoms with E-state index in [9.17, 15) is 9.90 Å². The second-order valence-corrected chi connectivity index (χ2v) is 5.18. The Labute approximate surface area is 119 Å². The molecule has 0 bridgehead atoms. The van der Waals surface area contributed by atoms with E-state index in [-0.39, 0.29) is 6.61 Å². The molecule has 1 amide bonds. The van der Waals surface area contributed by atoms with Gasteiger partial charge >= 0.3 is 0 Å². The van der Waals surface area contributed by atoms with Gasteiger partial charge in [0.2, 0.25) is 0 Å². The maximum Gasteiger partial charge on any atom is 0.252 e. The number of rotatable bonds is 6. The molecule has 1 atom stereocenters. The monoisotopic (exact) mass is 278 g/mol. The molecule has 6 heteroatoms. The highest BCUT2D eigenvalue weighted by molar-refractivity contribution is 5.97. The number of hydrogen-bond donors (Lipinski definition) is 3. The first-order valence-corrected chi connectivity index (χ1v) is 7.02. The molecule has 110 valence electrons. The molecule has 0 spiro atoms. The zero-order valence-electron chi connectivity index (χ0n) is 11.6. The van der Waals surface area contributed by atoms with Gasteiger partial charge in [-0.1, -0.05) is 0 Å². The Kier molecular flexibility index (Phi) is 5.31. The molecular formula is C14H22N4O2. The highest BCUT2D eigenvalue weighted by Crippen LogP contribution is 2.15. The average Bonchev–Trinajstić information content (AvgIpc) is 2.48. The van der Waals surface area contributed by atoms with Crippen LogP contribution in [0.25, 0.3) is 0 Å². The maximum atomic E-state index is 11.3. The fraction of sp³-hybridized carbons (Fsp3) is 0.571. The lowest BCUT2D eigenvalue weighted by Gasteiger charge is -2.31. The number of likely N-dealkylation sites (tertiary alicyclic amines) is 1. The summed E-state index contributed by atoms with van der Waals surface area (Å²) < 4.78 is 0. The largest absolute Gasteiger partial charge is 0.396 e.